The molecule has 0 saturated heterocycles. The molecule has 0 fully saturated rings. The fourth-order valence-corrected chi connectivity index (χ4v) is 3.77. The van der Waals surface area contributed by atoms with Gasteiger partial charge in [-0.25, -0.2) is 0 Å². The van der Waals surface area contributed by atoms with Crippen LogP contribution in [-0.2, 0) is 19.4 Å². The van der Waals surface area contributed by atoms with Crippen molar-refractivity contribution in [1.82, 2.24) is 15.5 Å². The van der Waals surface area contributed by atoms with E-state index in [4.69, 9.17) is 0 Å². The van der Waals surface area contributed by atoms with Crippen LogP contribution in [0, 0.1) is 5.41 Å². The minimum Gasteiger partial charge on any atom is -0.312 e. The van der Waals surface area contributed by atoms with Crippen molar-refractivity contribution >= 4 is 23.1 Å². The molecule has 1 amide bonds. The molecule has 0 aromatic carbocycles. The number of nitrogens with zero attached hydrogens (tertiary/aromatic N) is 1. The molecule has 3 heterocycles. The fourth-order valence-electron chi connectivity index (χ4n) is 2.72. The zero-order valence-corrected chi connectivity index (χ0v) is 14.1. The van der Waals surface area contributed by atoms with Gasteiger partial charge in [-0.2, -0.15) is 5.10 Å². The highest BCUT2D eigenvalue weighted by Crippen LogP contribution is 2.26. The predicted molar refractivity (Wildman–Crippen MR) is 89.4 cm³/mol. The van der Waals surface area contributed by atoms with Gasteiger partial charge in [-0.05, 0) is 30.4 Å². The number of anilines is 1. The first-order valence-electron chi connectivity index (χ1n) is 7.58. The van der Waals surface area contributed by atoms with E-state index in [2.05, 4.69) is 41.6 Å². The van der Waals surface area contributed by atoms with Gasteiger partial charge in [0.1, 0.15) is 0 Å². The lowest BCUT2D eigenvalue weighted by atomic mass is 9.91. The van der Waals surface area contributed by atoms with E-state index >= 15 is 0 Å². The molecule has 3 N–H and O–H groups in total. The standard InChI is InChI=1S/C16H22N4OS/c1-16(2,3)7-10-6-14(20-19-10)18-15(21)12-9-22-13-8-17-5-4-11(12)13/h6,9,17H,4-5,7-8H2,1-3H3,(H2,18,19,20,21). The van der Waals surface area contributed by atoms with Gasteiger partial charge < -0.3 is 10.6 Å². The monoisotopic (exact) mass is 318 g/mol. The Morgan fingerprint density at radius 1 is 1.45 bits per heavy atom. The van der Waals surface area contributed by atoms with E-state index in [9.17, 15) is 4.79 Å². The minimum atomic E-state index is -0.0618. The summed E-state index contributed by atoms with van der Waals surface area (Å²) in [6.07, 6.45) is 1.81. The van der Waals surface area contributed by atoms with Crippen molar-refractivity contribution in [3.63, 3.8) is 0 Å². The average molecular weight is 318 g/mol. The third-order valence-corrected chi connectivity index (χ3v) is 4.68. The molecule has 0 bridgehead atoms. The largest absolute Gasteiger partial charge is 0.312 e. The maximum atomic E-state index is 12.5. The third-order valence-electron chi connectivity index (χ3n) is 3.66. The topological polar surface area (TPSA) is 69.8 Å². The molecular formula is C16H22N4OS. The second-order valence-electron chi connectivity index (χ2n) is 6.95. The average Bonchev–Trinajstić information content (AvgIpc) is 3.03. The van der Waals surface area contributed by atoms with E-state index in [1.807, 2.05) is 11.4 Å². The van der Waals surface area contributed by atoms with Gasteiger partial charge in [0.2, 0.25) is 0 Å². The summed E-state index contributed by atoms with van der Waals surface area (Å²) < 4.78 is 0. The lowest BCUT2D eigenvalue weighted by Crippen LogP contribution is -2.24. The van der Waals surface area contributed by atoms with Crippen LogP contribution in [0.1, 0.15) is 47.3 Å². The number of hydrogen-bond donors (Lipinski definition) is 3. The molecule has 22 heavy (non-hydrogen) atoms. The van der Waals surface area contributed by atoms with Gasteiger partial charge in [0.25, 0.3) is 5.91 Å². The van der Waals surface area contributed by atoms with Gasteiger partial charge >= 0.3 is 0 Å². The molecular weight excluding hydrogens is 296 g/mol. The Kier molecular flexibility index (Phi) is 4.06. The van der Waals surface area contributed by atoms with Crippen molar-refractivity contribution in [3.05, 3.63) is 33.1 Å². The van der Waals surface area contributed by atoms with Crippen LogP contribution >= 0.6 is 11.3 Å². The van der Waals surface area contributed by atoms with Crippen LogP contribution in [0.25, 0.3) is 0 Å². The summed E-state index contributed by atoms with van der Waals surface area (Å²) in [4.78, 5) is 13.7. The van der Waals surface area contributed by atoms with Crippen LogP contribution < -0.4 is 10.6 Å². The zero-order valence-electron chi connectivity index (χ0n) is 13.2. The Morgan fingerprint density at radius 2 is 2.27 bits per heavy atom. The van der Waals surface area contributed by atoms with Crippen LogP contribution in [-0.4, -0.2) is 22.6 Å². The fraction of sp³-hybridized carbons (Fsp3) is 0.500. The first-order valence-corrected chi connectivity index (χ1v) is 8.46. The Balaban J connectivity index is 1.71. The van der Waals surface area contributed by atoms with E-state index in [0.717, 1.165) is 37.2 Å². The summed E-state index contributed by atoms with van der Waals surface area (Å²) >= 11 is 1.65. The number of fused-ring (bicyclic) bond motifs is 1. The van der Waals surface area contributed by atoms with Gasteiger partial charge in [0, 0.05) is 28.6 Å². The quantitative estimate of drug-likeness (QED) is 0.815. The first-order chi connectivity index (χ1) is 10.4. The van der Waals surface area contributed by atoms with Gasteiger partial charge in [-0.1, -0.05) is 20.8 Å². The number of hydrogen-bond acceptors (Lipinski definition) is 4. The molecule has 6 heteroatoms. The first kappa shape index (κ1) is 15.2. The van der Waals surface area contributed by atoms with Gasteiger partial charge in [0.05, 0.1) is 5.56 Å². The van der Waals surface area contributed by atoms with Crippen molar-refractivity contribution in [2.45, 2.75) is 40.2 Å². The normalized spacial score (nSPS) is 14.7. The highest BCUT2D eigenvalue weighted by Gasteiger charge is 2.21. The van der Waals surface area contributed by atoms with Gasteiger partial charge in [-0.3, -0.25) is 9.89 Å². The molecule has 1 aliphatic rings. The SMILES string of the molecule is CC(C)(C)Cc1cc(NC(=O)c2csc3c2CCNC3)n[nH]1. The number of thiophene rings is 1. The molecule has 5 nitrogen and oxygen atoms in total. The van der Waals surface area contributed by atoms with Crippen LogP contribution in [0.5, 0.6) is 0 Å². The Bertz CT molecular complexity index is 681. The highest BCUT2D eigenvalue weighted by atomic mass is 32.1. The summed E-state index contributed by atoms with van der Waals surface area (Å²) in [5.41, 5.74) is 3.21. The maximum Gasteiger partial charge on any atom is 0.257 e. The molecule has 0 radical (unpaired) electrons. The molecule has 0 aliphatic carbocycles. The zero-order chi connectivity index (χ0) is 15.7. The number of aromatic amines is 1. The molecule has 0 unspecified atom stereocenters. The second kappa shape index (κ2) is 5.85. The molecule has 3 rings (SSSR count). The van der Waals surface area contributed by atoms with Crippen molar-refractivity contribution in [2.75, 3.05) is 11.9 Å². The van der Waals surface area contributed by atoms with E-state index < -0.39 is 0 Å². The van der Waals surface area contributed by atoms with Crippen molar-refractivity contribution < 1.29 is 4.79 Å². The maximum absolute atomic E-state index is 12.5. The molecule has 0 atom stereocenters. The summed E-state index contributed by atoms with van der Waals surface area (Å²) in [5.74, 6) is 0.534. The van der Waals surface area contributed by atoms with E-state index in [1.54, 1.807) is 11.3 Å². The summed E-state index contributed by atoms with van der Waals surface area (Å²) in [7, 11) is 0. The predicted octanol–water partition coefficient (Wildman–Crippen LogP) is 2.96. The lowest BCUT2D eigenvalue weighted by Gasteiger charge is -2.15. The molecule has 1 aliphatic heterocycles. The van der Waals surface area contributed by atoms with Crippen LogP contribution in [0.4, 0.5) is 5.82 Å². The Labute approximate surface area is 134 Å². The molecule has 2 aromatic rings. The van der Waals surface area contributed by atoms with Crippen molar-refractivity contribution in [1.29, 1.82) is 0 Å². The van der Waals surface area contributed by atoms with Crippen LogP contribution in [0.15, 0.2) is 11.4 Å². The second-order valence-corrected chi connectivity index (χ2v) is 7.91. The molecule has 2 aromatic heterocycles. The number of amides is 1. The molecule has 0 spiro atoms. The number of rotatable bonds is 3. The number of nitrogens with one attached hydrogen (secondary N) is 3. The summed E-state index contributed by atoms with van der Waals surface area (Å²) in [6.45, 7) is 8.33. The minimum absolute atomic E-state index is 0.0618. The summed E-state index contributed by atoms with van der Waals surface area (Å²) in [6, 6.07) is 1.92. The highest BCUT2D eigenvalue weighted by molar-refractivity contribution is 7.10. The number of carbonyl (C=O) groups excluding carboxylic acids is 1. The van der Waals surface area contributed by atoms with E-state index in [0.29, 0.717) is 5.82 Å². The van der Waals surface area contributed by atoms with Gasteiger partial charge in [-0.15, -0.1) is 11.3 Å². The van der Waals surface area contributed by atoms with Crippen LogP contribution in [0.2, 0.25) is 0 Å². The lowest BCUT2D eigenvalue weighted by molar-refractivity contribution is 0.102. The molecule has 118 valence electrons. The number of H-pyrrole nitrogens is 1. The van der Waals surface area contributed by atoms with Crippen LogP contribution in [0.3, 0.4) is 0 Å². The number of aromatic nitrogens is 2. The van der Waals surface area contributed by atoms with Crippen molar-refractivity contribution in [3.8, 4) is 0 Å². The van der Waals surface area contributed by atoms with Gasteiger partial charge in [0.15, 0.2) is 5.82 Å². The van der Waals surface area contributed by atoms with E-state index in [-0.39, 0.29) is 11.3 Å². The Hall–Kier alpha value is -1.66. The Morgan fingerprint density at radius 3 is 3.05 bits per heavy atom. The number of carbonyl (C=O) groups is 1. The third kappa shape index (κ3) is 3.39. The van der Waals surface area contributed by atoms with E-state index in [1.165, 1.54) is 10.4 Å². The summed E-state index contributed by atoms with van der Waals surface area (Å²) in [5, 5.41) is 15.4. The van der Waals surface area contributed by atoms with Crippen molar-refractivity contribution in [2.24, 2.45) is 5.41 Å². The molecule has 0 saturated carbocycles. The smallest absolute Gasteiger partial charge is 0.257 e.